The van der Waals surface area contributed by atoms with Crippen molar-refractivity contribution in [3.63, 3.8) is 0 Å². The monoisotopic (exact) mass is 332 g/mol. The van der Waals surface area contributed by atoms with E-state index in [4.69, 9.17) is 29.0 Å². The highest BCUT2D eigenvalue weighted by atomic mass is 35.5. The van der Waals surface area contributed by atoms with Gasteiger partial charge in [0.1, 0.15) is 5.82 Å². The van der Waals surface area contributed by atoms with E-state index >= 15 is 0 Å². The van der Waals surface area contributed by atoms with Crippen molar-refractivity contribution in [2.24, 2.45) is 5.84 Å². The lowest BCUT2D eigenvalue weighted by Crippen LogP contribution is -2.15. The van der Waals surface area contributed by atoms with E-state index in [2.05, 4.69) is 15.1 Å². The van der Waals surface area contributed by atoms with Crippen LogP contribution in [0.2, 0.25) is 10.0 Å². The Morgan fingerprint density at radius 1 is 1.15 bits per heavy atom. The van der Waals surface area contributed by atoms with Crippen molar-refractivity contribution >= 4 is 44.7 Å². The zero-order chi connectivity index (χ0) is 14.8. The van der Waals surface area contributed by atoms with Crippen LogP contribution in [0.5, 0.6) is 0 Å². The number of nitrogen functional groups attached to an aromatic ring is 1. The minimum atomic E-state index is -3.81. The van der Waals surface area contributed by atoms with Crippen LogP contribution in [0.4, 0.5) is 11.5 Å². The molecule has 4 N–H and O–H groups in total. The molecule has 6 nitrogen and oxygen atoms in total. The van der Waals surface area contributed by atoms with Crippen molar-refractivity contribution in [3.05, 3.63) is 46.6 Å². The second-order valence-corrected chi connectivity index (χ2v) is 6.28. The molecule has 0 aliphatic rings. The smallest absolute Gasteiger partial charge is 0.262 e. The molecular formula is C11H10Cl2N4O2S. The average molecular weight is 333 g/mol. The van der Waals surface area contributed by atoms with E-state index in [0.717, 1.165) is 0 Å². The Hall–Kier alpha value is -1.54. The van der Waals surface area contributed by atoms with E-state index in [-0.39, 0.29) is 21.4 Å². The maximum Gasteiger partial charge on any atom is 0.262 e. The largest absolute Gasteiger partial charge is 0.308 e. The van der Waals surface area contributed by atoms with Gasteiger partial charge >= 0.3 is 0 Å². The molecule has 106 valence electrons. The van der Waals surface area contributed by atoms with E-state index in [0.29, 0.717) is 5.02 Å². The molecule has 0 atom stereocenters. The fraction of sp³-hybridized carbons (Fsp3) is 0. The summed E-state index contributed by atoms with van der Waals surface area (Å²) in [6, 6.07) is 7.11. The van der Waals surface area contributed by atoms with Crippen LogP contribution in [0.3, 0.4) is 0 Å². The molecule has 0 aliphatic carbocycles. The Kier molecular flexibility index (Phi) is 4.34. The van der Waals surface area contributed by atoms with Gasteiger partial charge in [0.25, 0.3) is 10.0 Å². The second-order valence-electron chi connectivity index (χ2n) is 3.75. The number of hydrogen-bond donors (Lipinski definition) is 3. The van der Waals surface area contributed by atoms with Gasteiger partial charge in [0, 0.05) is 17.3 Å². The molecule has 0 saturated heterocycles. The summed E-state index contributed by atoms with van der Waals surface area (Å²) in [7, 11) is -3.81. The maximum absolute atomic E-state index is 12.2. The van der Waals surface area contributed by atoms with Crippen LogP contribution in [-0.4, -0.2) is 13.4 Å². The van der Waals surface area contributed by atoms with Crippen LogP contribution in [-0.2, 0) is 10.0 Å². The van der Waals surface area contributed by atoms with E-state index in [1.54, 1.807) is 6.07 Å². The summed E-state index contributed by atoms with van der Waals surface area (Å²) in [5.41, 5.74) is 2.47. The number of nitrogens with two attached hydrogens (primary N) is 1. The molecule has 0 saturated carbocycles. The Bertz CT molecular complexity index is 737. The molecule has 0 amide bonds. The summed E-state index contributed by atoms with van der Waals surface area (Å²) >= 11 is 11.7. The summed E-state index contributed by atoms with van der Waals surface area (Å²) in [4.78, 5) is 3.83. The fourth-order valence-corrected chi connectivity index (χ4v) is 2.91. The van der Waals surface area contributed by atoms with E-state index < -0.39 is 10.0 Å². The second kappa shape index (κ2) is 5.84. The third-order valence-corrected chi connectivity index (χ3v) is 4.29. The molecule has 0 spiro atoms. The molecule has 1 aromatic carbocycles. The van der Waals surface area contributed by atoms with Crippen molar-refractivity contribution in [2.45, 2.75) is 4.90 Å². The zero-order valence-corrected chi connectivity index (χ0v) is 12.3. The number of sulfonamides is 1. The standard InChI is InChI=1S/C11H10Cl2N4O2S/c12-7-1-2-9(13)10(5-7)17-20(18,19)8-3-4-15-11(6-8)16-14/h1-6,17H,14H2,(H,15,16). The lowest BCUT2D eigenvalue weighted by molar-refractivity contribution is 0.601. The fourth-order valence-electron chi connectivity index (χ4n) is 1.44. The summed E-state index contributed by atoms with van der Waals surface area (Å²) in [6.07, 6.45) is 1.32. The predicted molar refractivity (Wildman–Crippen MR) is 79.3 cm³/mol. The molecular weight excluding hydrogens is 323 g/mol. The van der Waals surface area contributed by atoms with Crippen molar-refractivity contribution < 1.29 is 8.42 Å². The van der Waals surface area contributed by atoms with Crippen molar-refractivity contribution in [3.8, 4) is 0 Å². The number of benzene rings is 1. The van der Waals surface area contributed by atoms with Crippen LogP contribution in [0.15, 0.2) is 41.4 Å². The minimum Gasteiger partial charge on any atom is -0.308 e. The molecule has 1 heterocycles. The SMILES string of the molecule is NNc1cc(S(=O)(=O)Nc2cc(Cl)ccc2Cl)ccn1. The molecule has 9 heteroatoms. The molecule has 0 bridgehead atoms. The normalized spacial score (nSPS) is 11.2. The Labute approximate surface area is 125 Å². The molecule has 0 aliphatic heterocycles. The molecule has 0 radical (unpaired) electrons. The van der Waals surface area contributed by atoms with Gasteiger partial charge in [-0.25, -0.2) is 19.2 Å². The number of halogens is 2. The summed E-state index contributed by atoms with van der Waals surface area (Å²) in [5.74, 6) is 5.42. The Morgan fingerprint density at radius 2 is 1.90 bits per heavy atom. The molecule has 2 rings (SSSR count). The topological polar surface area (TPSA) is 97.1 Å². The Balaban J connectivity index is 2.38. The van der Waals surface area contributed by atoms with Gasteiger partial charge in [-0.2, -0.15) is 0 Å². The van der Waals surface area contributed by atoms with Gasteiger partial charge in [-0.1, -0.05) is 23.2 Å². The van der Waals surface area contributed by atoms with Gasteiger partial charge < -0.3 is 5.43 Å². The first-order chi connectivity index (χ1) is 9.42. The number of anilines is 2. The summed E-state index contributed by atoms with van der Waals surface area (Å²) < 4.78 is 26.8. The van der Waals surface area contributed by atoms with E-state index in [1.165, 1.54) is 30.5 Å². The van der Waals surface area contributed by atoms with Crippen molar-refractivity contribution in [2.75, 3.05) is 10.1 Å². The lowest BCUT2D eigenvalue weighted by atomic mass is 10.3. The van der Waals surface area contributed by atoms with E-state index in [1.807, 2.05) is 0 Å². The maximum atomic E-state index is 12.2. The lowest BCUT2D eigenvalue weighted by Gasteiger charge is -2.10. The minimum absolute atomic E-state index is 0.00325. The average Bonchev–Trinajstić information content (AvgIpc) is 2.43. The van der Waals surface area contributed by atoms with Crippen LogP contribution >= 0.6 is 23.2 Å². The van der Waals surface area contributed by atoms with Crippen LogP contribution in [0, 0.1) is 0 Å². The molecule has 0 unspecified atom stereocenters. The highest BCUT2D eigenvalue weighted by molar-refractivity contribution is 7.92. The number of nitrogens with zero attached hydrogens (tertiary/aromatic N) is 1. The van der Waals surface area contributed by atoms with Crippen LogP contribution < -0.4 is 16.0 Å². The van der Waals surface area contributed by atoms with E-state index in [9.17, 15) is 8.42 Å². The van der Waals surface area contributed by atoms with Gasteiger partial charge in [0.05, 0.1) is 15.6 Å². The van der Waals surface area contributed by atoms with Gasteiger partial charge in [-0.05, 0) is 24.3 Å². The predicted octanol–water partition coefficient (Wildman–Crippen LogP) is 2.47. The number of rotatable bonds is 4. The van der Waals surface area contributed by atoms with Gasteiger partial charge in [-0.3, -0.25) is 4.72 Å². The number of nitrogens with one attached hydrogen (secondary N) is 2. The van der Waals surface area contributed by atoms with Crippen molar-refractivity contribution in [1.29, 1.82) is 0 Å². The van der Waals surface area contributed by atoms with Gasteiger partial charge in [0.2, 0.25) is 0 Å². The summed E-state index contributed by atoms with van der Waals surface area (Å²) in [6.45, 7) is 0. The first-order valence-corrected chi connectivity index (χ1v) is 7.57. The number of hydrogen-bond acceptors (Lipinski definition) is 5. The quantitative estimate of drug-likeness (QED) is 0.590. The van der Waals surface area contributed by atoms with Crippen LogP contribution in [0.25, 0.3) is 0 Å². The molecule has 20 heavy (non-hydrogen) atoms. The third-order valence-electron chi connectivity index (χ3n) is 2.36. The third kappa shape index (κ3) is 3.31. The number of aromatic nitrogens is 1. The van der Waals surface area contributed by atoms with Crippen molar-refractivity contribution in [1.82, 2.24) is 4.98 Å². The highest BCUT2D eigenvalue weighted by Crippen LogP contribution is 2.27. The van der Waals surface area contributed by atoms with Gasteiger partial charge in [-0.15, -0.1) is 0 Å². The number of pyridine rings is 1. The highest BCUT2D eigenvalue weighted by Gasteiger charge is 2.16. The van der Waals surface area contributed by atoms with Crippen LogP contribution in [0.1, 0.15) is 0 Å². The molecule has 1 aromatic heterocycles. The first-order valence-electron chi connectivity index (χ1n) is 5.33. The zero-order valence-electron chi connectivity index (χ0n) is 9.97. The summed E-state index contributed by atoms with van der Waals surface area (Å²) in [5, 5.41) is 0.607. The molecule has 2 aromatic rings. The first kappa shape index (κ1) is 14.9. The van der Waals surface area contributed by atoms with Gasteiger partial charge in [0.15, 0.2) is 0 Å². The Morgan fingerprint density at radius 3 is 2.60 bits per heavy atom. The number of hydrazine groups is 1. The molecule has 0 fully saturated rings.